The Morgan fingerprint density at radius 2 is 2.00 bits per heavy atom. The highest BCUT2D eigenvalue weighted by Crippen LogP contribution is 2.26. The van der Waals surface area contributed by atoms with Crippen molar-refractivity contribution in [3.05, 3.63) is 57.8 Å². The predicted octanol–water partition coefficient (Wildman–Crippen LogP) is 5.42. The summed E-state index contributed by atoms with van der Waals surface area (Å²) in [5.41, 5.74) is 2.82. The molecule has 0 bridgehead atoms. The van der Waals surface area contributed by atoms with Crippen molar-refractivity contribution in [2.24, 2.45) is 0 Å². The summed E-state index contributed by atoms with van der Waals surface area (Å²) in [5, 5.41) is 1.24. The van der Waals surface area contributed by atoms with Gasteiger partial charge in [-0.15, -0.1) is 0 Å². The van der Waals surface area contributed by atoms with Crippen LogP contribution in [-0.4, -0.2) is 28.7 Å². The number of halogens is 2. The van der Waals surface area contributed by atoms with Gasteiger partial charge in [0.2, 0.25) is 0 Å². The van der Waals surface area contributed by atoms with Gasteiger partial charge in [0.15, 0.2) is 0 Å². The summed E-state index contributed by atoms with van der Waals surface area (Å²) in [6, 6.07) is 11.3. The number of hydrogen-bond donors (Lipinski definition) is 0. The van der Waals surface area contributed by atoms with Gasteiger partial charge < -0.3 is 14.0 Å². The molecule has 1 heterocycles. The molecule has 3 rings (SSSR count). The van der Waals surface area contributed by atoms with Gasteiger partial charge in [-0.2, -0.15) is 0 Å². The number of aromatic nitrogens is 2. The molecule has 1 aromatic heterocycles. The first kappa shape index (κ1) is 20.5. The van der Waals surface area contributed by atoms with E-state index in [9.17, 15) is 4.79 Å². The fourth-order valence-corrected chi connectivity index (χ4v) is 3.44. The zero-order valence-electron chi connectivity index (χ0n) is 15.9. The molecule has 0 radical (unpaired) electrons. The average Bonchev–Trinajstić information content (AvgIpc) is 2.96. The topological polar surface area (TPSA) is 53.4 Å². The average molecular weight is 421 g/mol. The predicted molar refractivity (Wildman–Crippen MR) is 111 cm³/mol. The maximum absolute atomic E-state index is 11.4. The highest BCUT2D eigenvalue weighted by molar-refractivity contribution is 6.35. The largest absolute Gasteiger partial charge is 0.494 e. The maximum atomic E-state index is 11.4. The molecule has 0 aliphatic heterocycles. The summed E-state index contributed by atoms with van der Waals surface area (Å²) in [7, 11) is 0. The van der Waals surface area contributed by atoms with Crippen LogP contribution in [0.25, 0.3) is 11.0 Å². The molecule has 0 saturated carbocycles. The first-order valence-electron chi connectivity index (χ1n) is 9.17. The molecule has 5 nitrogen and oxygen atoms in total. The first-order valence-corrected chi connectivity index (χ1v) is 9.92. The number of imidazole rings is 1. The van der Waals surface area contributed by atoms with Crippen molar-refractivity contribution >= 4 is 40.2 Å². The van der Waals surface area contributed by atoms with Crippen LogP contribution in [0.1, 0.15) is 31.2 Å². The molecule has 0 fully saturated rings. The lowest BCUT2D eigenvalue weighted by atomic mass is 10.2. The first-order chi connectivity index (χ1) is 13.5. The second-order valence-electron chi connectivity index (χ2n) is 6.39. The molecule has 0 unspecified atom stereocenters. The van der Waals surface area contributed by atoms with E-state index in [1.54, 1.807) is 13.0 Å². The standard InChI is InChI=1S/C21H22Cl2N2O3/c1-3-27-21(26)5-4-10-28-17-8-9-19-20(12-17)25(14(2)24-19)13-15-6-7-16(22)11-18(15)23/h6-9,11-12H,3-5,10,13H2,1-2H3. The SMILES string of the molecule is CCOC(=O)CCCOc1ccc2nc(C)n(Cc3ccc(Cl)cc3Cl)c2c1. The fraction of sp³-hybridized carbons (Fsp3) is 0.333. The van der Waals surface area contributed by atoms with E-state index in [-0.39, 0.29) is 5.97 Å². The Morgan fingerprint density at radius 3 is 2.75 bits per heavy atom. The monoisotopic (exact) mass is 420 g/mol. The van der Waals surface area contributed by atoms with Crippen LogP contribution in [0, 0.1) is 6.92 Å². The maximum Gasteiger partial charge on any atom is 0.305 e. The quantitative estimate of drug-likeness (QED) is 0.360. The summed E-state index contributed by atoms with van der Waals surface area (Å²) in [4.78, 5) is 16.0. The summed E-state index contributed by atoms with van der Waals surface area (Å²) in [6.45, 7) is 5.19. The second kappa shape index (κ2) is 9.30. The number of ether oxygens (including phenoxy) is 2. The number of aryl methyl sites for hydroxylation is 1. The molecule has 0 spiro atoms. The van der Waals surface area contributed by atoms with Crippen LogP contribution < -0.4 is 4.74 Å². The Labute approximate surface area is 174 Å². The van der Waals surface area contributed by atoms with E-state index in [0.29, 0.717) is 42.6 Å². The van der Waals surface area contributed by atoms with Gasteiger partial charge in [-0.25, -0.2) is 4.98 Å². The van der Waals surface area contributed by atoms with Gasteiger partial charge in [0, 0.05) is 22.5 Å². The summed E-state index contributed by atoms with van der Waals surface area (Å²) in [6.07, 6.45) is 0.956. The van der Waals surface area contributed by atoms with Gasteiger partial charge in [0.05, 0.1) is 30.8 Å². The van der Waals surface area contributed by atoms with Crippen LogP contribution in [0.2, 0.25) is 10.0 Å². The van der Waals surface area contributed by atoms with Crippen LogP contribution in [0.4, 0.5) is 0 Å². The number of esters is 1. The van der Waals surface area contributed by atoms with Gasteiger partial charge in [0.25, 0.3) is 0 Å². The van der Waals surface area contributed by atoms with E-state index in [0.717, 1.165) is 28.2 Å². The molecule has 148 valence electrons. The van der Waals surface area contributed by atoms with E-state index in [1.807, 2.05) is 37.3 Å². The minimum atomic E-state index is -0.199. The molecule has 0 amide bonds. The van der Waals surface area contributed by atoms with Gasteiger partial charge in [-0.1, -0.05) is 29.3 Å². The smallest absolute Gasteiger partial charge is 0.305 e. The van der Waals surface area contributed by atoms with E-state index in [2.05, 4.69) is 9.55 Å². The third-order valence-corrected chi connectivity index (χ3v) is 4.94. The van der Waals surface area contributed by atoms with Crippen LogP contribution in [0.5, 0.6) is 5.75 Å². The zero-order chi connectivity index (χ0) is 20.1. The number of fused-ring (bicyclic) bond motifs is 1. The second-order valence-corrected chi connectivity index (χ2v) is 7.23. The Bertz CT molecular complexity index is 985. The van der Waals surface area contributed by atoms with Crippen molar-refractivity contribution in [2.75, 3.05) is 13.2 Å². The van der Waals surface area contributed by atoms with Crippen molar-refractivity contribution in [3.63, 3.8) is 0 Å². The van der Waals surface area contributed by atoms with Crippen molar-refractivity contribution in [1.29, 1.82) is 0 Å². The van der Waals surface area contributed by atoms with Gasteiger partial charge in [-0.05, 0) is 50.1 Å². The minimum Gasteiger partial charge on any atom is -0.494 e. The fourth-order valence-electron chi connectivity index (χ4n) is 2.97. The van der Waals surface area contributed by atoms with Gasteiger partial charge in [-0.3, -0.25) is 4.79 Å². The Kier molecular flexibility index (Phi) is 6.81. The Hall–Kier alpha value is -2.24. The molecule has 0 N–H and O–H groups in total. The van der Waals surface area contributed by atoms with Crippen LogP contribution >= 0.6 is 23.2 Å². The number of carbonyl (C=O) groups excluding carboxylic acids is 1. The molecule has 0 saturated heterocycles. The Morgan fingerprint density at radius 1 is 1.18 bits per heavy atom. The normalized spacial score (nSPS) is 11.0. The van der Waals surface area contributed by atoms with Gasteiger partial charge >= 0.3 is 5.97 Å². The van der Waals surface area contributed by atoms with E-state index in [4.69, 9.17) is 32.7 Å². The number of carbonyl (C=O) groups is 1. The van der Waals surface area contributed by atoms with E-state index in [1.165, 1.54) is 0 Å². The minimum absolute atomic E-state index is 0.199. The van der Waals surface area contributed by atoms with Crippen molar-refractivity contribution in [1.82, 2.24) is 9.55 Å². The third-order valence-electron chi connectivity index (χ3n) is 4.35. The number of benzene rings is 2. The van der Waals surface area contributed by atoms with Crippen LogP contribution in [0.3, 0.4) is 0 Å². The molecule has 7 heteroatoms. The summed E-state index contributed by atoms with van der Waals surface area (Å²) >= 11 is 12.3. The zero-order valence-corrected chi connectivity index (χ0v) is 17.4. The molecule has 3 aromatic rings. The molecule has 2 aromatic carbocycles. The van der Waals surface area contributed by atoms with Crippen LogP contribution in [-0.2, 0) is 16.1 Å². The Balaban J connectivity index is 1.74. The van der Waals surface area contributed by atoms with Crippen molar-refractivity contribution < 1.29 is 14.3 Å². The number of nitrogens with zero attached hydrogens (tertiary/aromatic N) is 2. The van der Waals surface area contributed by atoms with E-state index >= 15 is 0 Å². The third kappa shape index (κ3) is 4.97. The number of hydrogen-bond acceptors (Lipinski definition) is 4. The lowest BCUT2D eigenvalue weighted by molar-refractivity contribution is -0.143. The molecular formula is C21H22Cl2N2O3. The molecule has 0 aliphatic carbocycles. The highest BCUT2D eigenvalue weighted by Gasteiger charge is 2.11. The highest BCUT2D eigenvalue weighted by atomic mass is 35.5. The molecule has 0 atom stereocenters. The van der Waals surface area contributed by atoms with Gasteiger partial charge in [0.1, 0.15) is 11.6 Å². The van der Waals surface area contributed by atoms with Crippen LogP contribution in [0.15, 0.2) is 36.4 Å². The van der Waals surface area contributed by atoms with E-state index < -0.39 is 0 Å². The lowest BCUT2D eigenvalue weighted by Gasteiger charge is -2.10. The lowest BCUT2D eigenvalue weighted by Crippen LogP contribution is -2.07. The molecular weight excluding hydrogens is 399 g/mol. The van der Waals surface area contributed by atoms with Crippen molar-refractivity contribution in [3.8, 4) is 5.75 Å². The summed E-state index contributed by atoms with van der Waals surface area (Å²) < 4.78 is 12.8. The molecule has 0 aliphatic rings. The number of rotatable bonds is 8. The molecule has 28 heavy (non-hydrogen) atoms. The van der Waals surface area contributed by atoms with Crippen molar-refractivity contribution in [2.45, 2.75) is 33.2 Å². The summed E-state index contributed by atoms with van der Waals surface area (Å²) in [5.74, 6) is 1.43.